The number of methoxy groups -OCH3 is 1. The van der Waals surface area contributed by atoms with Crippen molar-refractivity contribution in [2.75, 3.05) is 13.7 Å². The van der Waals surface area contributed by atoms with Crippen molar-refractivity contribution >= 4 is 0 Å². The number of ether oxygens (including phenoxy) is 1. The number of rotatable bonds is 7. The SMILES string of the molecule is CCNC(CCC(C)(C)OC)C1CCc2ccccc2C1. The Bertz CT molecular complexity index is 441. The van der Waals surface area contributed by atoms with Crippen LogP contribution in [0.3, 0.4) is 0 Å². The molecule has 1 aliphatic carbocycles. The highest BCUT2D eigenvalue weighted by molar-refractivity contribution is 5.30. The summed E-state index contributed by atoms with van der Waals surface area (Å²) in [7, 11) is 1.82. The van der Waals surface area contributed by atoms with Gasteiger partial charge >= 0.3 is 0 Å². The molecule has 1 N–H and O–H groups in total. The quantitative estimate of drug-likeness (QED) is 0.820. The molecule has 2 heteroatoms. The molecule has 0 saturated carbocycles. The molecule has 2 unspecified atom stereocenters. The predicted molar refractivity (Wildman–Crippen MR) is 89.7 cm³/mol. The molecule has 1 aliphatic rings. The van der Waals surface area contributed by atoms with Gasteiger partial charge in [0.25, 0.3) is 0 Å². The van der Waals surface area contributed by atoms with Crippen LogP contribution in [0.2, 0.25) is 0 Å². The zero-order valence-electron chi connectivity index (χ0n) is 14.1. The molecule has 0 spiro atoms. The summed E-state index contributed by atoms with van der Waals surface area (Å²) in [5, 5.41) is 3.72. The molecule has 0 fully saturated rings. The molecule has 1 aromatic carbocycles. The minimum absolute atomic E-state index is 0.0136. The summed E-state index contributed by atoms with van der Waals surface area (Å²) >= 11 is 0. The maximum Gasteiger partial charge on any atom is 0.0623 e. The van der Waals surface area contributed by atoms with Gasteiger partial charge in [-0.25, -0.2) is 0 Å². The third-order valence-corrected chi connectivity index (χ3v) is 5.03. The fourth-order valence-electron chi connectivity index (χ4n) is 3.44. The topological polar surface area (TPSA) is 21.3 Å². The van der Waals surface area contributed by atoms with E-state index >= 15 is 0 Å². The summed E-state index contributed by atoms with van der Waals surface area (Å²) < 4.78 is 5.58. The molecule has 0 amide bonds. The van der Waals surface area contributed by atoms with E-state index < -0.39 is 0 Å². The van der Waals surface area contributed by atoms with Crippen LogP contribution in [0, 0.1) is 5.92 Å². The van der Waals surface area contributed by atoms with Gasteiger partial charge in [0, 0.05) is 13.2 Å². The molecule has 2 atom stereocenters. The zero-order chi connectivity index (χ0) is 15.3. The van der Waals surface area contributed by atoms with Crippen LogP contribution >= 0.6 is 0 Å². The van der Waals surface area contributed by atoms with Crippen LogP contribution in [0.4, 0.5) is 0 Å². The van der Waals surface area contributed by atoms with Crippen LogP contribution in [0.15, 0.2) is 24.3 Å². The first-order chi connectivity index (χ1) is 10.1. The van der Waals surface area contributed by atoms with Gasteiger partial charge < -0.3 is 10.1 Å². The first-order valence-electron chi connectivity index (χ1n) is 8.41. The van der Waals surface area contributed by atoms with E-state index in [1.807, 2.05) is 7.11 Å². The van der Waals surface area contributed by atoms with Crippen LogP contribution < -0.4 is 5.32 Å². The first-order valence-corrected chi connectivity index (χ1v) is 8.41. The summed E-state index contributed by atoms with van der Waals surface area (Å²) in [6.45, 7) is 7.64. The van der Waals surface area contributed by atoms with Gasteiger partial charge in [-0.05, 0) is 69.5 Å². The highest BCUT2D eigenvalue weighted by atomic mass is 16.5. The second-order valence-corrected chi connectivity index (χ2v) is 6.94. The molecule has 0 radical (unpaired) electrons. The van der Waals surface area contributed by atoms with E-state index in [1.165, 1.54) is 25.7 Å². The smallest absolute Gasteiger partial charge is 0.0623 e. The van der Waals surface area contributed by atoms with Crippen molar-refractivity contribution in [3.63, 3.8) is 0 Å². The summed E-state index contributed by atoms with van der Waals surface area (Å²) in [5.41, 5.74) is 3.10. The Morgan fingerprint density at radius 3 is 2.67 bits per heavy atom. The van der Waals surface area contributed by atoms with Gasteiger partial charge in [0.15, 0.2) is 0 Å². The van der Waals surface area contributed by atoms with Crippen molar-refractivity contribution in [3.05, 3.63) is 35.4 Å². The molecule has 0 aliphatic heterocycles. The molecular formula is C19H31NO. The predicted octanol–water partition coefficient (Wildman–Crippen LogP) is 3.97. The fourth-order valence-corrected chi connectivity index (χ4v) is 3.44. The van der Waals surface area contributed by atoms with E-state index in [1.54, 1.807) is 11.1 Å². The van der Waals surface area contributed by atoms with Crippen LogP contribution in [0.1, 0.15) is 51.2 Å². The normalized spacial score (nSPS) is 20.1. The first kappa shape index (κ1) is 16.5. The van der Waals surface area contributed by atoms with Crippen molar-refractivity contribution in [2.45, 2.75) is 64.5 Å². The average Bonchev–Trinajstić information content (AvgIpc) is 2.51. The largest absolute Gasteiger partial charge is 0.379 e. The van der Waals surface area contributed by atoms with Gasteiger partial charge in [0.1, 0.15) is 0 Å². The highest BCUT2D eigenvalue weighted by Crippen LogP contribution is 2.30. The molecule has 2 rings (SSSR count). The van der Waals surface area contributed by atoms with Crippen molar-refractivity contribution in [3.8, 4) is 0 Å². The second kappa shape index (κ2) is 7.42. The number of nitrogens with one attached hydrogen (secondary N) is 1. The van der Waals surface area contributed by atoms with Gasteiger partial charge in [-0.3, -0.25) is 0 Å². The lowest BCUT2D eigenvalue weighted by molar-refractivity contribution is 0.00998. The molecule has 0 aromatic heterocycles. The third kappa shape index (κ3) is 4.55. The van der Waals surface area contributed by atoms with Gasteiger partial charge in [0.2, 0.25) is 0 Å². The van der Waals surface area contributed by atoms with Crippen molar-refractivity contribution in [1.29, 1.82) is 0 Å². The Hall–Kier alpha value is -0.860. The Kier molecular flexibility index (Phi) is 5.83. The Balaban J connectivity index is 1.99. The summed E-state index contributed by atoms with van der Waals surface area (Å²) in [4.78, 5) is 0. The van der Waals surface area contributed by atoms with Gasteiger partial charge in [-0.15, -0.1) is 0 Å². The highest BCUT2D eigenvalue weighted by Gasteiger charge is 2.27. The molecule has 118 valence electrons. The lowest BCUT2D eigenvalue weighted by atomic mass is 9.78. The minimum Gasteiger partial charge on any atom is -0.379 e. The summed E-state index contributed by atoms with van der Waals surface area (Å²) in [5.74, 6) is 0.757. The van der Waals surface area contributed by atoms with Gasteiger partial charge in [-0.1, -0.05) is 31.2 Å². The Labute approximate surface area is 130 Å². The van der Waals surface area contributed by atoms with Crippen molar-refractivity contribution < 1.29 is 4.74 Å². The molecule has 1 aromatic rings. The maximum absolute atomic E-state index is 5.58. The van der Waals surface area contributed by atoms with Crippen LogP contribution in [-0.2, 0) is 17.6 Å². The van der Waals surface area contributed by atoms with Crippen molar-refractivity contribution in [1.82, 2.24) is 5.32 Å². The van der Waals surface area contributed by atoms with Gasteiger partial charge in [-0.2, -0.15) is 0 Å². The van der Waals surface area contributed by atoms with E-state index in [4.69, 9.17) is 4.74 Å². The van der Waals surface area contributed by atoms with E-state index in [-0.39, 0.29) is 5.60 Å². The second-order valence-electron chi connectivity index (χ2n) is 6.94. The maximum atomic E-state index is 5.58. The molecule has 21 heavy (non-hydrogen) atoms. The standard InChI is InChI=1S/C19H31NO/c1-5-20-18(12-13-19(2,3)21-4)17-11-10-15-8-6-7-9-16(15)14-17/h6-9,17-18,20H,5,10-14H2,1-4H3. The number of fused-ring (bicyclic) bond motifs is 1. The average molecular weight is 289 g/mol. The molecule has 0 heterocycles. The van der Waals surface area contributed by atoms with E-state index in [2.05, 4.69) is 50.4 Å². The molecule has 0 saturated heterocycles. The third-order valence-electron chi connectivity index (χ3n) is 5.03. The fraction of sp³-hybridized carbons (Fsp3) is 0.684. The number of hydrogen-bond donors (Lipinski definition) is 1. The van der Waals surface area contributed by atoms with Gasteiger partial charge in [0.05, 0.1) is 5.60 Å². The lowest BCUT2D eigenvalue weighted by Gasteiger charge is -2.34. The Morgan fingerprint density at radius 2 is 2.00 bits per heavy atom. The lowest BCUT2D eigenvalue weighted by Crippen LogP contribution is -2.40. The van der Waals surface area contributed by atoms with E-state index in [0.717, 1.165) is 18.9 Å². The summed E-state index contributed by atoms with van der Waals surface area (Å²) in [6, 6.07) is 9.56. The molecule has 0 bridgehead atoms. The number of benzene rings is 1. The van der Waals surface area contributed by atoms with Crippen molar-refractivity contribution in [2.24, 2.45) is 5.92 Å². The van der Waals surface area contributed by atoms with Crippen LogP contribution in [0.25, 0.3) is 0 Å². The summed E-state index contributed by atoms with van der Waals surface area (Å²) in [6.07, 6.45) is 6.07. The number of hydrogen-bond acceptors (Lipinski definition) is 2. The Morgan fingerprint density at radius 1 is 1.29 bits per heavy atom. The number of aryl methyl sites for hydroxylation is 1. The monoisotopic (exact) mass is 289 g/mol. The molecular weight excluding hydrogens is 258 g/mol. The zero-order valence-corrected chi connectivity index (χ0v) is 14.1. The molecule has 2 nitrogen and oxygen atoms in total. The minimum atomic E-state index is -0.0136. The van der Waals surface area contributed by atoms with Crippen LogP contribution in [-0.4, -0.2) is 25.3 Å². The van der Waals surface area contributed by atoms with Crippen LogP contribution in [0.5, 0.6) is 0 Å². The van der Waals surface area contributed by atoms with E-state index in [9.17, 15) is 0 Å². The van der Waals surface area contributed by atoms with E-state index in [0.29, 0.717) is 6.04 Å².